The van der Waals surface area contributed by atoms with Gasteiger partial charge in [0.1, 0.15) is 6.04 Å². The summed E-state index contributed by atoms with van der Waals surface area (Å²) in [7, 11) is 0. The van der Waals surface area contributed by atoms with Gasteiger partial charge in [0.25, 0.3) is 0 Å². The molecular formula is C16H23FN2O2. The number of carbonyl (C=O) groups excluding carboxylic acids is 1. The number of amides is 1. The molecule has 1 amide bonds. The number of ether oxygens (including phenoxy) is 1. The fourth-order valence-electron chi connectivity index (χ4n) is 2.58. The lowest BCUT2D eigenvalue weighted by atomic mass is 10.2. The Morgan fingerprint density at radius 3 is 2.76 bits per heavy atom. The molecule has 21 heavy (non-hydrogen) atoms. The number of halogens is 1. The van der Waals surface area contributed by atoms with Gasteiger partial charge in [0.05, 0.1) is 6.61 Å². The van der Waals surface area contributed by atoms with E-state index in [9.17, 15) is 9.18 Å². The Labute approximate surface area is 125 Å². The minimum Gasteiger partial charge on any atom is -0.491 e. The van der Waals surface area contributed by atoms with E-state index in [2.05, 4.69) is 10.6 Å². The van der Waals surface area contributed by atoms with Crippen molar-refractivity contribution in [2.24, 2.45) is 0 Å². The maximum absolute atomic E-state index is 13.8. The third-order valence-corrected chi connectivity index (χ3v) is 3.71. The molecule has 0 spiro atoms. The number of anilines is 1. The van der Waals surface area contributed by atoms with Crippen molar-refractivity contribution >= 4 is 11.6 Å². The molecule has 116 valence electrons. The fraction of sp³-hybridized carbons (Fsp3) is 0.562. The molecule has 5 heteroatoms. The van der Waals surface area contributed by atoms with Crippen LogP contribution in [0.5, 0.6) is 5.75 Å². The summed E-state index contributed by atoms with van der Waals surface area (Å²) in [5.41, 5.74) is 0.574. The molecule has 1 aromatic carbocycles. The third-order valence-electron chi connectivity index (χ3n) is 3.71. The highest BCUT2D eigenvalue weighted by atomic mass is 19.1. The Morgan fingerprint density at radius 1 is 1.43 bits per heavy atom. The normalized spacial score (nSPS) is 16.5. The van der Waals surface area contributed by atoms with E-state index in [0.29, 0.717) is 18.3 Å². The topological polar surface area (TPSA) is 50.4 Å². The number of carbonyl (C=O) groups is 1. The van der Waals surface area contributed by atoms with Crippen molar-refractivity contribution < 1.29 is 13.9 Å². The Balaban J connectivity index is 1.90. The van der Waals surface area contributed by atoms with Crippen LogP contribution in [0.2, 0.25) is 0 Å². The van der Waals surface area contributed by atoms with Crippen LogP contribution in [0.4, 0.5) is 10.1 Å². The first-order valence-corrected chi connectivity index (χ1v) is 7.59. The molecule has 1 aromatic rings. The van der Waals surface area contributed by atoms with Crippen LogP contribution in [0.25, 0.3) is 0 Å². The van der Waals surface area contributed by atoms with E-state index in [-0.39, 0.29) is 11.7 Å². The third kappa shape index (κ3) is 4.34. The van der Waals surface area contributed by atoms with Gasteiger partial charge in [-0.15, -0.1) is 0 Å². The van der Waals surface area contributed by atoms with Crippen LogP contribution in [0, 0.1) is 5.82 Å². The molecule has 0 saturated heterocycles. The molecule has 4 nitrogen and oxygen atoms in total. The lowest BCUT2D eigenvalue weighted by Gasteiger charge is -2.19. The second-order valence-electron chi connectivity index (χ2n) is 5.43. The van der Waals surface area contributed by atoms with E-state index in [1.54, 1.807) is 26.0 Å². The van der Waals surface area contributed by atoms with Crippen molar-refractivity contribution in [3.05, 3.63) is 24.0 Å². The average Bonchev–Trinajstić information content (AvgIpc) is 2.95. The van der Waals surface area contributed by atoms with Gasteiger partial charge in [-0.3, -0.25) is 4.79 Å². The van der Waals surface area contributed by atoms with Crippen LogP contribution in [0.3, 0.4) is 0 Å². The minimum absolute atomic E-state index is 0.0452. The van der Waals surface area contributed by atoms with Crippen molar-refractivity contribution in [1.29, 1.82) is 0 Å². The van der Waals surface area contributed by atoms with Crippen molar-refractivity contribution in [3.8, 4) is 5.75 Å². The van der Waals surface area contributed by atoms with Gasteiger partial charge < -0.3 is 15.4 Å². The second kappa shape index (κ2) is 7.29. The molecule has 1 fully saturated rings. The van der Waals surface area contributed by atoms with E-state index in [4.69, 9.17) is 4.74 Å². The Morgan fingerprint density at radius 2 is 2.14 bits per heavy atom. The van der Waals surface area contributed by atoms with Crippen molar-refractivity contribution in [1.82, 2.24) is 5.32 Å². The predicted molar refractivity (Wildman–Crippen MR) is 81.1 cm³/mol. The first-order chi connectivity index (χ1) is 10.1. The molecule has 0 heterocycles. The lowest BCUT2D eigenvalue weighted by molar-refractivity contribution is -0.122. The summed E-state index contributed by atoms with van der Waals surface area (Å²) in [5, 5.41) is 6.04. The summed E-state index contributed by atoms with van der Waals surface area (Å²) < 4.78 is 18.9. The molecule has 1 aliphatic carbocycles. The number of hydrogen-bond acceptors (Lipinski definition) is 3. The zero-order valence-corrected chi connectivity index (χ0v) is 12.6. The van der Waals surface area contributed by atoms with Gasteiger partial charge >= 0.3 is 0 Å². The molecule has 2 N–H and O–H groups in total. The van der Waals surface area contributed by atoms with Crippen LogP contribution in [0.1, 0.15) is 39.5 Å². The average molecular weight is 294 g/mol. The van der Waals surface area contributed by atoms with Crippen molar-refractivity contribution in [2.75, 3.05) is 11.9 Å². The van der Waals surface area contributed by atoms with Crippen molar-refractivity contribution in [3.63, 3.8) is 0 Å². The van der Waals surface area contributed by atoms with E-state index in [1.165, 1.54) is 18.9 Å². The van der Waals surface area contributed by atoms with Gasteiger partial charge in [-0.2, -0.15) is 0 Å². The number of hydrogen-bond donors (Lipinski definition) is 2. The molecule has 1 aliphatic rings. The van der Waals surface area contributed by atoms with E-state index >= 15 is 0 Å². The van der Waals surface area contributed by atoms with E-state index < -0.39 is 11.9 Å². The quantitative estimate of drug-likeness (QED) is 0.847. The molecule has 1 atom stereocenters. The van der Waals surface area contributed by atoms with Gasteiger partial charge in [-0.05, 0) is 38.8 Å². The highest BCUT2D eigenvalue weighted by Gasteiger charge is 2.20. The summed E-state index contributed by atoms with van der Waals surface area (Å²) in [6.45, 7) is 4.00. The number of nitrogens with one attached hydrogen (secondary N) is 2. The zero-order chi connectivity index (χ0) is 15.2. The largest absolute Gasteiger partial charge is 0.491 e. The summed E-state index contributed by atoms with van der Waals surface area (Å²) in [4.78, 5) is 12.1. The minimum atomic E-state index is -0.426. The van der Waals surface area contributed by atoms with Gasteiger partial charge in [-0.25, -0.2) is 4.39 Å². The summed E-state index contributed by atoms with van der Waals surface area (Å²) in [6, 6.07) is 4.53. The standard InChI is InChI=1S/C16H23FN2O2/c1-3-21-15-9-8-13(10-14(15)17)18-11(2)16(20)19-12-6-4-5-7-12/h8-12,18H,3-7H2,1-2H3,(H,19,20). The summed E-state index contributed by atoms with van der Waals surface area (Å²) >= 11 is 0. The van der Waals surface area contributed by atoms with Crippen molar-refractivity contribution in [2.45, 2.75) is 51.6 Å². The molecule has 0 radical (unpaired) electrons. The Bertz CT molecular complexity index is 487. The molecule has 2 rings (SSSR count). The van der Waals surface area contributed by atoms with Gasteiger partial charge in [0.15, 0.2) is 11.6 Å². The first-order valence-electron chi connectivity index (χ1n) is 7.59. The molecule has 0 aromatic heterocycles. The fourth-order valence-corrected chi connectivity index (χ4v) is 2.58. The lowest BCUT2D eigenvalue weighted by Crippen LogP contribution is -2.42. The zero-order valence-electron chi connectivity index (χ0n) is 12.6. The summed E-state index contributed by atoms with van der Waals surface area (Å²) in [5.74, 6) is -0.243. The maximum Gasteiger partial charge on any atom is 0.242 e. The predicted octanol–water partition coefficient (Wildman–Crippen LogP) is 3.08. The van der Waals surface area contributed by atoms with Crippen LogP contribution in [-0.4, -0.2) is 24.6 Å². The SMILES string of the molecule is CCOc1ccc(NC(C)C(=O)NC2CCCC2)cc1F. The van der Waals surface area contributed by atoms with Crippen LogP contribution < -0.4 is 15.4 Å². The van der Waals surface area contributed by atoms with Gasteiger partial charge in [-0.1, -0.05) is 12.8 Å². The Hall–Kier alpha value is -1.78. The van der Waals surface area contributed by atoms with E-state index in [0.717, 1.165) is 12.8 Å². The monoisotopic (exact) mass is 294 g/mol. The summed E-state index contributed by atoms with van der Waals surface area (Å²) in [6.07, 6.45) is 4.46. The molecular weight excluding hydrogens is 271 g/mol. The molecule has 0 bridgehead atoms. The van der Waals surface area contributed by atoms with Gasteiger partial charge in [0.2, 0.25) is 5.91 Å². The number of rotatable bonds is 6. The highest BCUT2D eigenvalue weighted by Crippen LogP contribution is 2.22. The molecule has 1 unspecified atom stereocenters. The van der Waals surface area contributed by atoms with E-state index in [1.807, 2.05) is 0 Å². The second-order valence-corrected chi connectivity index (χ2v) is 5.43. The molecule has 1 saturated carbocycles. The van der Waals surface area contributed by atoms with Gasteiger partial charge in [0, 0.05) is 17.8 Å². The Kier molecular flexibility index (Phi) is 5.42. The highest BCUT2D eigenvalue weighted by molar-refractivity contribution is 5.84. The van der Waals surface area contributed by atoms with Crippen LogP contribution >= 0.6 is 0 Å². The number of benzene rings is 1. The van der Waals surface area contributed by atoms with Crippen LogP contribution in [-0.2, 0) is 4.79 Å². The van der Waals surface area contributed by atoms with Crippen LogP contribution in [0.15, 0.2) is 18.2 Å². The maximum atomic E-state index is 13.8. The first kappa shape index (κ1) is 15.6. The smallest absolute Gasteiger partial charge is 0.242 e. The molecule has 0 aliphatic heterocycles.